The first-order valence-electron chi connectivity index (χ1n) is 10.3. The minimum atomic E-state index is -0.115. The van der Waals surface area contributed by atoms with Crippen molar-refractivity contribution in [2.75, 3.05) is 37.0 Å². The minimum Gasteiger partial charge on any atom is -0.494 e. The lowest BCUT2D eigenvalue weighted by Crippen LogP contribution is -2.21. The van der Waals surface area contributed by atoms with E-state index in [4.69, 9.17) is 14.2 Å². The molecule has 0 saturated carbocycles. The van der Waals surface area contributed by atoms with Crippen molar-refractivity contribution in [3.63, 3.8) is 0 Å². The summed E-state index contributed by atoms with van der Waals surface area (Å²) in [6.45, 7) is 4.39. The highest BCUT2D eigenvalue weighted by molar-refractivity contribution is 5.93. The van der Waals surface area contributed by atoms with Crippen molar-refractivity contribution in [2.24, 2.45) is 0 Å². The smallest absolute Gasteiger partial charge is 0.243 e. The monoisotopic (exact) mass is 398 g/mol. The second-order valence-electron chi connectivity index (χ2n) is 7.10. The van der Waals surface area contributed by atoms with Gasteiger partial charge in [-0.25, -0.2) is 0 Å². The van der Waals surface area contributed by atoms with Crippen LogP contribution in [-0.4, -0.2) is 38.4 Å². The third-order valence-electron chi connectivity index (χ3n) is 4.65. The van der Waals surface area contributed by atoms with Gasteiger partial charge in [0.15, 0.2) is 0 Å². The van der Waals surface area contributed by atoms with Gasteiger partial charge in [0.1, 0.15) is 18.1 Å². The number of carbonyl (C=O) groups is 1. The van der Waals surface area contributed by atoms with E-state index in [-0.39, 0.29) is 18.6 Å². The number of unbranched alkanes of at least 4 members (excludes halogenated alkanes) is 1. The lowest BCUT2D eigenvalue weighted by atomic mass is 10.2. The number of benzene rings is 2. The summed E-state index contributed by atoms with van der Waals surface area (Å²) in [7, 11) is 0. The van der Waals surface area contributed by atoms with Crippen molar-refractivity contribution in [1.29, 1.82) is 0 Å². The van der Waals surface area contributed by atoms with Crippen LogP contribution in [0.1, 0.15) is 32.6 Å². The summed E-state index contributed by atoms with van der Waals surface area (Å²) < 4.78 is 17.0. The highest BCUT2D eigenvalue weighted by Crippen LogP contribution is 2.20. The van der Waals surface area contributed by atoms with Crippen molar-refractivity contribution in [1.82, 2.24) is 0 Å². The molecule has 3 rings (SSSR count). The topological polar surface area (TPSA) is 68.8 Å². The number of anilines is 2. The molecule has 156 valence electrons. The molecule has 1 aliphatic heterocycles. The number of ether oxygens (including phenoxy) is 3. The fraction of sp³-hybridized carbons (Fsp3) is 0.435. The van der Waals surface area contributed by atoms with E-state index < -0.39 is 0 Å². The SMILES string of the molecule is CCCCOc1ccc(NC(=O)CNc2cccc(OCC3CCCO3)c2)cc1. The van der Waals surface area contributed by atoms with Crippen molar-refractivity contribution in [2.45, 2.75) is 38.7 Å². The van der Waals surface area contributed by atoms with Gasteiger partial charge in [0, 0.05) is 24.0 Å². The number of carbonyl (C=O) groups excluding carboxylic acids is 1. The molecule has 0 aliphatic carbocycles. The maximum atomic E-state index is 12.2. The predicted molar refractivity (Wildman–Crippen MR) is 115 cm³/mol. The Kier molecular flexibility index (Phi) is 8.19. The van der Waals surface area contributed by atoms with Crippen molar-refractivity contribution >= 4 is 17.3 Å². The standard InChI is InChI=1S/C23H30N2O4/c1-2-3-13-27-20-11-9-18(10-12-20)25-23(26)16-24-19-6-4-7-21(15-19)29-17-22-8-5-14-28-22/h4,6-7,9-12,15,22,24H,2-3,5,8,13-14,16-17H2,1H3,(H,25,26). The van der Waals surface area contributed by atoms with E-state index in [1.54, 1.807) is 0 Å². The van der Waals surface area contributed by atoms with Crippen LogP contribution in [0.25, 0.3) is 0 Å². The Hall–Kier alpha value is -2.73. The molecule has 1 heterocycles. The molecule has 1 atom stereocenters. The van der Waals surface area contributed by atoms with Crippen LogP contribution in [0.3, 0.4) is 0 Å². The fourth-order valence-electron chi connectivity index (χ4n) is 3.02. The Bertz CT molecular complexity index is 758. The fourth-order valence-corrected chi connectivity index (χ4v) is 3.02. The van der Waals surface area contributed by atoms with Gasteiger partial charge in [-0.2, -0.15) is 0 Å². The van der Waals surface area contributed by atoms with Gasteiger partial charge >= 0.3 is 0 Å². The molecule has 2 N–H and O–H groups in total. The van der Waals surface area contributed by atoms with E-state index in [2.05, 4.69) is 17.6 Å². The summed E-state index contributed by atoms with van der Waals surface area (Å²) in [6.07, 6.45) is 4.46. The number of hydrogen-bond donors (Lipinski definition) is 2. The molecule has 1 fully saturated rings. The van der Waals surface area contributed by atoms with Gasteiger partial charge in [-0.15, -0.1) is 0 Å². The minimum absolute atomic E-state index is 0.115. The molecule has 2 aromatic carbocycles. The number of rotatable bonds is 11. The Morgan fingerprint density at radius 1 is 1.10 bits per heavy atom. The highest BCUT2D eigenvalue weighted by atomic mass is 16.5. The van der Waals surface area contributed by atoms with Crippen LogP contribution in [0.2, 0.25) is 0 Å². The van der Waals surface area contributed by atoms with Gasteiger partial charge in [-0.05, 0) is 55.7 Å². The first kappa shape index (κ1) is 21.0. The molecule has 1 aliphatic rings. The Morgan fingerprint density at radius 3 is 2.72 bits per heavy atom. The van der Waals surface area contributed by atoms with E-state index >= 15 is 0 Å². The maximum Gasteiger partial charge on any atom is 0.243 e. The van der Waals surface area contributed by atoms with Gasteiger partial charge in [-0.3, -0.25) is 4.79 Å². The first-order chi connectivity index (χ1) is 14.2. The molecule has 1 saturated heterocycles. The lowest BCUT2D eigenvalue weighted by molar-refractivity contribution is -0.114. The summed E-state index contributed by atoms with van der Waals surface area (Å²) in [5.41, 5.74) is 1.58. The third kappa shape index (κ3) is 7.31. The largest absolute Gasteiger partial charge is 0.494 e. The average Bonchev–Trinajstić information content (AvgIpc) is 3.26. The van der Waals surface area contributed by atoms with E-state index in [1.807, 2.05) is 48.5 Å². The van der Waals surface area contributed by atoms with E-state index in [0.29, 0.717) is 13.2 Å². The maximum absolute atomic E-state index is 12.2. The molecular weight excluding hydrogens is 368 g/mol. The molecule has 6 nitrogen and oxygen atoms in total. The van der Waals surface area contributed by atoms with Crippen molar-refractivity contribution < 1.29 is 19.0 Å². The van der Waals surface area contributed by atoms with Gasteiger partial charge < -0.3 is 24.8 Å². The molecule has 0 bridgehead atoms. The highest BCUT2D eigenvalue weighted by Gasteiger charge is 2.16. The van der Waals surface area contributed by atoms with Gasteiger partial charge in [0.25, 0.3) is 0 Å². The number of amides is 1. The lowest BCUT2D eigenvalue weighted by Gasteiger charge is -2.13. The molecule has 1 unspecified atom stereocenters. The van der Waals surface area contributed by atoms with Gasteiger partial charge in [-0.1, -0.05) is 19.4 Å². The summed E-state index contributed by atoms with van der Waals surface area (Å²) >= 11 is 0. The van der Waals surface area contributed by atoms with E-state index in [9.17, 15) is 4.79 Å². The normalized spacial score (nSPS) is 15.7. The van der Waals surface area contributed by atoms with E-state index in [0.717, 1.165) is 55.2 Å². The second kappa shape index (κ2) is 11.3. The van der Waals surface area contributed by atoms with Crippen molar-refractivity contribution in [3.05, 3.63) is 48.5 Å². The zero-order valence-electron chi connectivity index (χ0n) is 17.0. The van der Waals surface area contributed by atoms with Crippen LogP contribution >= 0.6 is 0 Å². The molecule has 0 aromatic heterocycles. The van der Waals surface area contributed by atoms with Gasteiger partial charge in [0.05, 0.1) is 19.3 Å². The van der Waals surface area contributed by atoms with Crippen LogP contribution < -0.4 is 20.1 Å². The zero-order chi connectivity index (χ0) is 20.3. The number of nitrogens with one attached hydrogen (secondary N) is 2. The molecule has 0 spiro atoms. The van der Waals surface area contributed by atoms with Crippen molar-refractivity contribution in [3.8, 4) is 11.5 Å². The summed E-state index contributed by atoms with van der Waals surface area (Å²) in [5, 5.41) is 6.01. The van der Waals surface area contributed by atoms with E-state index in [1.165, 1.54) is 0 Å². The van der Waals surface area contributed by atoms with Gasteiger partial charge in [0.2, 0.25) is 5.91 Å². The van der Waals surface area contributed by atoms with Crippen LogP contribution in [0.5, 0.6) is 11.5 Å². The molecular formula is C23H30N2O4. The first-order valence-corrected chi connectivity index (χ1v) is 10.3. The second-order valence-corrected chi connectivity index (χ2v) is 7.10. The predicted octanol–water partition coefficient (Wildman–Crippen LogP) is 4.47. The zero-order valence-corrected chi connectivity index (χ0v) is 17.0. The summed E-state index contributed by atoms with van der Waals surface area (Å²) in [5.74, 6) is 1.47. The average molecular weight is 399 g/mol. The molecule has 6 heteroatoms. The Morgan fingerprint density at radius 2 is 1.97 bits per heavy atom. The molecule has 29 heavy (non-hydrogen) atoms. The Balaban J connectivity index is 1.41. The molecule has 2 aromatic rings. The third-order valence-corrected chi connectivity index (χ3v) is 4.65. The quantitative estimate of drug-likeness (QED) is 0.547. The summed E-state index contributed by atoms with van der Waals surface area (Å²) in [6, 6.07) is 15.0. The van der Waals surface area contributed by atoms with Crippen LogP contribution in [0.15, 0.2) is 48.5 Å². The molecule has 0 radical (unpaired) electrons. The van der Waals surface area contributed by atoms with Crippen LogP contribution in [-0.2, 0) is 9.53 Å². The molecule has 1 amide bonds. The Labute approximate surface area is 172 Å². The number of hydrogen-bond acceptors (Lipinski definition) is 5. The van der Waals surface area contributed by atoms with Crippen LogP contribution in [0, 0.1) is 0 Å². The van der Waals surface area contributed by atoms with Crippen LogP contribution in [0.4, 0.5) is 11.4 Å². The summed E-state index contributed by atoms with van der Waals surface area (Å²) in [4.78, 5) is 12.2.